The molecule has 1 unspecified atom stereocenters. The lowest BCUT2D eigenvalue weighted by Crippen LogP contribution is -2.29. The first-order chi connectivity index (χ1) is 7.56. The van der Waals surface area contributed by atoms with Gasteiger partial charge in [-0.1, -0.05) is 26.0 Å². The smallest absolute Gasteiger partial charge is 0.168 e. The molecule has 0 amide bonds. The minimum absolute atomic E-state index is 0.0484. The molecule has 0 aliphatic rings. The van der Waals surface area contributed by atoms with Crippen LogP contribution in [0.15, 0.2) is 18.2 Å². The van der Waals surface area contributed by atoms with Crippen LogP contribution in [0.3, 0.4) is 0 Å². The van der Waals surface area contributed by atoms with E-state index in [-0.39, 0.29) is 11.2 Å². The highest BCUT2D eigenvalue weighted by molar-refractivity contribution is 5.31. The van der Waals surface area contributed by atoms with E-state index in [2.05, 4.69) is 13.8 Å². The van der Waals surface area contributed by atoms with Gasteiger partial charge in [0.2, 0.25) is 0 Å². The van der Waals surface area contributed by atoms with Gasteiger partial charge in [0.15, 0.2) is 11.6 Å². The van der Waals surface area contributed by atoms with Gasteiger partial charge in [0, 0.05) is 0 Å². The van der Waals surface area contributed by atoms with Crippen molar-refractivity contribution in [3.63, 3.8) is 0 Å². The van der Waals surface area contributed by atoms with Gasteiger partial charge in [0.1, 0.15) is 0 Å². The molecule has 0 aliphatic heterocycles. The molecule has 1 rings (SSSR count). The molecule has 1 atom stereocenters. The Bertz CT molecular complexity index is 348. The minimum Gasteiger partial charge on any atom is -0.494 e. The molecule has 0 spiro atoms. The van der Waals surface area contributed by atoms with Crippen LogP contribution in [-0.4, -0.2) is 13.7 Å². The summed E-state index contributed by atoms with van der Waals surface area (Å²) in [5, 5.41) is 0. The monoisotopic (exact) mass is 225 g/mol. The first kappa shape index (κ1) is 13.0. The molecular weight excluding hydrogens is 205 g/mol. The summed E-state index contributed by atoms with van der Waals surface area (Å²) in [6.45, 7) is 4.71. The Morgan fingerprint density at radius 2 is 2.12 bits per heavy atom. The highest BCUT2D eigenvalue weighted by atomic mass is 19.1. The third-order valence-electron chi connectivity index (χ3n) is 3.23. The predicted molar refractivity (Wildman–Crippen MR) is 64.1 cm³/mol. The summed E-state index contributed by atoms with van der Waals surface area (Å²) >= 11 is 0. The van der Waals surface area contributed by atoms with Gasteiger partial charge < -0.3 is 10.5 Å². The molecule has 0 saturated heterocycles. The van der Waals surface area contributed by atoms with Crippen LogP contribution in [0, 0.1) is 11.2 Å². The van der Waals surface area contributed by atoms with E-state index < -0.39 is 0 Å². The van der Waals surface area contributed by atoms with Crippen LogP contribution >= 0.6 is 0 Å². The summed E-state index contributed by atoms with van der Waals surface area (Å²) in [5.41, 5.74) is 6.36. The van der Waals surface area contributed by atoms with E-state index in [0.29, 0.717) is 24.3 Å². The normalized spacial score (nSPS) is 14.6. The number of nitrogens with two attached hydrogens (primary N) is 1. The summed E-state index contributed by atoms with van der Waals surface area (Å²) in [6, 6.07) is 5.23. The van der Waals surface area contributed by atoms with Crippen LogP contribution < -0.4 is 10.5 Å². The fraction of sp³-hybridized carbons (Fsp3) is 0.538. The van der Waals surface area contributed by atoms with Crippen molar-refractivity contribution < 1.29 is 9.13 Å². The van der Waals surface area contributed by atoms with E-state index in [1.807, 2.05) is 6.07 Å². The number of halogens is 1. The van der Waals surface area contributed by atoms with Crippen LogP contribution in [0.5, 0.6) is 5.75 Å². The summed E-state index contributed by atoms with van der Waals surface area (Å²) in [4.78, 5) is 0. The van der Waals surface area contributed by atoms with Gasteiger partial charge in [-0.05, 0) is 36.4 Å². The van der Waals surface area contributed by atoms with Gasteiger partial charge in [0.05, 0.1) is 7.11 Å². The van der Waals surface area contributed by atoms with Gasteiger partial charge in [-0.3, -0.25) is 0 Å². The maximum Gasteiger partial charge on any atom is 0.168 e. The molecule has 0 bridgehead atoms. The molecule has 90 valence electrons. The fourth-order valence-electron chi connectivity index (χ4n) is 1.65. The zero-order chi connectivity index (χ0) is 12.2. The van der Waals surface area contributed by atoms with Gasteiger partial charge in [-0.15, -0.1) is 0 Å². The van der Waals surface area contributed by atoms with Crippen molar-refractivity contribution in [3.8, 4) is 5.75 Å². The third-order valence-corrected chi connectivity index (χ3v) is 3.23. The quantitative estimate of drug-likeness (QED) is 0.836. The Kier molecular flexibility index (Phi) is 4.30. The largest absolute Gasteiger partial charge is 0.494 e. The van der Waals surface area contributed by atoms with Crippen molar-refractivity contribution in [1.29, 1.82) is 0 Å². The van der Waals surface area contributed by atoms with Crippen LogP contribution in [0.25, 0.3) is 0 Å². The van der Waals surface area contributed by atoms with Gasteiger partial charge in [-0.25, -0.2) is 4.39 Å². The number of ether oxygens (including phenoxy) is 1. The van der Waals surface area contributed by atoms with Crippen LogP contribution in [0.2, 0.25) is 0 Å². The lowest BCUT2D eigenvalue weighted by Gasteiger charge is -2.26. The van der Waals surface area contributed by atoms with Crippen LogP contribution in [0.4, 0.5) is 4.39 Å². The van der Waals surface area contributed by atoms with Crippen molar-refractivity contribution in [2.45, 2.75) is 26.7 Å². The van der Waals surface area contributed by atoms with E-state index in [1.165, 1.54) is 7.11 Å². The van der Waals surface area contributed by atoms with E-state index in [0.717, 1.165) is 6.42 Å². The molecule has 0 aromatic heterocycles. The van der Waals surface area contributed by atoms with Crippen molar-refractivity contribution in [3.05, 3.63) is 29.6 Å². The molecule has 0 heterocycles. The first-order valence-corrected chi connectivity index (χ1v) is 5.57. The number of methoxy groups -OCH3 is 1. The summed E-state index contributed by atoms with van der Waals surface area (Å²) in [6.07, 6.45) is 1.57. The summed E-state index contributed by atoms with van der Waals surface area (Å²) in [5.74, 6) is 0.0334. The maximum absolute atomic E-state index is 13.9. The lowest BCUT2D eigenvalue weighted by molar-refractivity contribution is 0.312. The highest BCUT2D eigenvalue weighted by Gasteiger charge is 2.23. The number of rotatable bonds is 5. The Morgan fingerprint density at radius 3 is 2.62 bits per heavy atom. The molecule has 0 aliphatic carbocycles. The predicted octanol–water partition coefficient (Wildman–Crippen LogP) is 2.75. The first-order valence-electron chi connectivity index (χ1n) is 5.57. The average Bonchev–Trinajstić information content (AvgIpc) is 2.32. The fourth-order valence-corrected chi connectivity index (χ4v) is 1.65. The molecule has 1 aromatic rings. The van der Waals surface area contributed by atoms with E-state index in [9.17, 15) is 4.39 Å². The van der Waals surface area contributed by atoms with E-state index in [1.54, 1.807) is 12.1 Å². The highest BCUT2D eigenvalue weighted by Crippen LogP contribution is 2.29. The Labute approximate surface area is 96.6 Å². The summed E-state index contributed by atoms with van der Waals surface area (Å²) < 4.78 is 18.9. The second-order valence-electron chi connectivity index (χ2n) is 4.48. The standard InChI is InChI=1S/C13H20FNO/c1-4-13(2,9-15)8-10-6-5-7-11(16-3)12(10)14/h5-7H,4,8-9,15H2,1-3H3. The van der Waals surface area contributed by atoms with E-state index >= 15 is 0 Å². The Balaban J connectivity index is 2.97. The molecule has 0 radical (unpaired) electrons. The van der Waals surface area contributed by atoms with Gasteiger partial charge in [-0.2, -0.15) is 0 Å². The van der Waals surface area contributed by atoms with E-state index in [4.69, 9.17) is 10.5 Å². The van der Waals surface area contributed by atoms with Crippen molar-refractivity contribution >= 4 is 0 Å². The molecule has 0 saturated carbocycles. The zero-order valence-electron chi connectivity index (χ0n) is 10.2. The molecule has 0 fully saturated rings. The SMILES string of the molecule is CCC(C)(CN)Cc1cccc(OC)c1F. The molecule has 16 heavy (non-hydrogen) atoms. The van der Waals surface area contributed by atoms with Crippen molar-refractivity contribution in [2.75, 3.05) is 13.7 Å². The van der Waals surface area contributed by atoms with Crippen LogP contribution in [0.1, 0.15) is 25.8 Å². The Hall–Kier alpha value is -1.09. The topological polar surface area (TPSA) is 35.2 Å². The zero-order valence-corrected chi connectivity index (χ0v) is 10.2. The van der Waals surface area contributed by atoms with Crippen molar-refractivity contribution in [1.82, 2.24) is 0 Å². The number of hydrogen-bond acceptors (Lipinski definition) is 2. The summed E-state index contributed by atoms with van der Waals surface area (Å²) in [7, 11) is 1.48. The maximum atomic E-state index is 13.9. The Morgan fingerprint density at radius 1 is 1.44 bits per heavy atom. The van der Waals surface area contributed by atoms with Crippen LogP contribution in [-0.2, 0) is 6.42 Å². The van der Waals surface area contributed by atoms with Crippen molar-refractivity contribution in [2.24, 2.45) is 11.1 Å². The molecule has 1 aromatic carbocycles. The average molecular weight is 225 g/mol. The minimum atomic E-state index is -0.266. The van der Waals surface area contributed by atoms with Gasteiger partial charge >= 0.3 is 0 Å². The third kappa shape index (κ3) is 2.73. The molecule has 3 heteroatoms. The molecule has 2 nitrogen and oxygen atoms in total. The molecular formula is C13H20FNO. The molecule has 2 N–H and O–H groups in total. The number of hydrogen-bond donors (Lipinski definition) is 1. The second kappa shape index (κ2) is 5.30. The number of benzene rings is 1. The second-order valence-corrected chi connectivity index (χ2v) is 4.48. The van der Waals surface area contributed by atoms with Gasteiger partial charge in [0.25, 0.3) is 0 Å². The lowest BCUT2D eigenvalue weighted by atomic mass is 9.81.